The summed E-state index contributed by atoms with van der Waals surface area (Å²) in [5.74, 6) is 0.547. The molecule has 6 heteroatoms. The van der Waals surface area contributed by atoms with E-state index in [9.17, 15) is 9.90 Å². The van der Waals surface area contributed by atoms with Crippen molar-refractivity contribution >= 4 is 53.8 Å². The molecule has 0 unspecified atom stereocenters. The Morgan fingerprint density at radius 1 is 0.897 bits per heavy atom. The molecule has 0 fully saturated rings. The Morgan fingerprint density at radius 2 is 1.48 bits per heavy atom. The minimum Gasteiger partial charge on any atom is -0.512 e. The van der Waals surface area contributed by atoms with Gasteiger partial charge in [0.05, 0.1) is 12.3 Å². The number of rotatable bonds is 9. The molecule has 1 radical (unpaired) electrons. The summed E-state index contributed by atoms with van der Waals surface area (Å²) in [7, 11) is 0. The van der Waals surface area contributed by atoms with Crippen molar-refractivity contribution in [3.05, 3.63) is 94.2 Å². The number of pyridine rings is 1. The van der Waals surface area contributed by atoms with Gasteiger partial charge in [0.25, 0.3) is 0 Å². The molecule has 0 bridgehead atoms. The molecule has 2 heterocycles. The number of carbonyl (C=O) groups is 1. The van der Waals surface area contributed by atoms with Gasteiger partial charge in [-0.1, -0.05) is 126 Å². The van der Waals surface area contributed by atoms with E-state index in [1.807, 2.05) is 45.2 Å². The second kappa shape index (κ2) is 18.1. The predicted molar refractivity (Wildman–Crippen MR) is 246 cm³/mol. The summed E-state index contributed by atoms with van der Waals surface area (Å²) in [6, 6.07) is 16.9. The number of aromatic nitrogens is 1. The van der Waals surface area contributed by atoms with E-state index < -0.39 is 0 Å². The Morgan fingerprint density at radius 3 is 2.03 bits per heavy atom. The zero-order chi connectivity index (χ0) is 42.2. The monoisotopic (exact) mass is 976 g/mol. The van der Waals surface area contributed by atoms with Crippen LogP contribution in [0.25, 0.3) is 47.0 Å². The van der Waals surface area contributed by atoms with Crippen LogP contribution in [0.2, 0.25) is 0 Å². The van der Waals surface area contributed by atoms with Crippen LogP contribution in [0.15, 0.2) is 54.4 Å². The smallest absolute Gasteiger partial charge is 0.195 e. The number of nitrogens with zero attached hydrogens (tertiary/aromatic N) is 2. The second-order valence-corrected chi connectivity index (χ2v) is 20.9. The topological polar surface area (TPSA) is 54.5 Å². The van der Waals surface area contributed by atoms with Gasteiger partial charge in [0.1, 0.15) is 0 Å². The fourth-order valence-corrected chi connectivity index (χ4v) is 10.3. The van der Waals surface area contributed by atoms with Crippen molar-refractivity contribution in [2.75, 3.05) is 0 Å². The third kappa shape index (κ3) is 9.49. The van der Waals surface area contributed by atoms with E-state index in [4.69, 9.17) is 11.6 Å². The van der Waals surface area contributed by atoms with Crippen molar-refractivity contribution in [2.24, 2.45) is 17.3 Å². The van der Waals surface area contributed by atoms with E-state index >= 15 is 0 Å². The van der Waals surface area contributed by atoms with Gasteiger partial charge >= 0.3 is 0 Å². The second-order valence-electron chi connectivity index (χ2n) is 19.9. The summed E-state index contributed by atoms with van der Waals surface area (Å²) in [5.41, 5.74) is 8.12. The zero-order valence-electron chi connectivity index (χ0n) is 37.7. The maximum Gasteiger partial charge on any atom is 0.195 e. The number of thiophene rings is 1. The number of fused-ring (bicyclic) bond motifs is 6. The molecule has 4 nitrogen and oxygen atoms in total. The van der Waals surface area contributed by atoms with Gasteiger partial charge in [-0.2, -0.15) is 0 Å². The summed E-state index contributed by atoms with van der Waals surface area (Å²) in [6.07, 6.45) is 9.97. The first-order chi connectivity index (χ1) is 26.6. The molecule has 0 saturated heterocycles. The zero-order valence-corrected chi connectivity index (χ0v) is 40.9. The Bertz CT molecular complexity index is 2350. The maximum atomic E-state index is 11.7. The van der Waals surface area contributed by atoms with Crippen molar-refractivity contribution in [1.82, 2.24) is 4.98 Å². The standard InChI is InChI=1S/C39H43N2S.C13H24O2.Ir/c1-36(2,3)22-27-33(40-11)31-30(38(7,8)17-18-39(31,9)10)29-26-16-19-41-32(35(26)42-34(27)29)24-20-23-14-12-13-15-25(23)28(21-24)37(4,5)6;1-5-10(6-2)12(14)9-13(15)11(7-3)8-4;/h12-16,19,21H,17-18,22H2,1-10H3;9-11,14H,5-8H2,1-4H3;/q-1;;/b;12-9-;. The first kappa shape index (κ1) is 47.3. The average molecular weight is 976 g/mol. The minimum absolute atomic E-state index is 0. The van der Waals surface area contributed by atoms with Gasteiger partial charge in [0.15, 0.2) is 11.5 Å². The Labute approximate surface area is 367 Å². The van der Waals surface area contributed by atoms with E-state index in [1.54, 1.807) is 0 Å². The summed E-state index contributed by atoms with van der Waals surface area (Å²) in [5, 5.41) is 14.8. The number of allylic oxidation sites excluding steroid dienone is 2. The van der Waals surface area contributed by atoms with Crippen LogP contribution in [0.3, 0.4) is 0 Å². The molecule has 0 aliphatic heterocycles. The number of benzene rings is 3. The molecule has 1 N–H and O–H groups in total. The van der Waals surface area contributed by atoms with Crippen LogP contribution in [0.5, 0.6) is 0 Å². The fourth-order valence-electron chi connectivity index (χ4n) is 8.96. The van der Waals surface area contributed by atoms with E-state index in [1.165, 1.54) is 53.9 Å². The Balaban J connectivity index is 0.000000398. The van der Waals surface area contributed by atoms with Crippen molar-refractivity contribution in [3.8, 4) is 11.3 Å². The molecule has 3 aromatic carbocycles. The average Bonchev–Trinajstić information content (AvgIpc) is 3.53. The molecule has 0 spiro atoms. The molecule has 0 atom stereocenters. The summed E-state index contributed by atoms with van der Waals surface area (Å²) in [6.45, 7) is 39.8. The van der Waals surface area contributed by atoms with Crippen LogP contribution >= 0.6 is 11.3 Å². The third-order valence-electron chi connectivity index (χ3n) is 12.4. The Hall–Kier alpha value is -3.36. The fraction of sp³-hybridized carbons (Fsp3) is 0.519. The first-order valence-electron chi connectivity index (χ1n) is 21.3. The molecule has 0 saturated carbocycles. The van der Waals surface area contributed by atoms with Gasteiger partial charge < -0.3 is 5.11 Å². The van der Waals surface area contributed by atoms with Crippen LogP contribution in [-0.2, 0) is 47.6 Å². The molecular formula is C52H67IrN2O2S-. The SMILES string of the molecule is CCC(CC)C(=O)/C=C(\O)C(CC)CC.[C-]#[N+]c1c2c(c3c(sc4c(-c5[c-]c6ccccc6c(C(C)(C)C)c5)nccc43)c1CC(C)(C)C)C(C)(C)CCC2(C)C.[Ir]. The van der Waals surface area contributed by atoms with Gasteiger partial charge in [-0.25, -0.2) is 4.85 Å². The molecule has 0 amide bonds. The molecule has 5 aromatic rings. The van der Waals surface area contributed by atoms with Crippen molar-refractivity contribution < 1.29 is 30.0 Å². The van der Waals surface area contributed by atoms with Crippen LogP contribution < -0.4 is 0 Å². The van der Waals surface area contributed by atoms with Crippen LogP contribution in [0.4, 0.5) is 5.69 Å². The third-order valence-corrected chi connectivity index (χ3v) is 13.6. The molecule has 1 aliphatic carbocycles. The predicted octanol–water partition coefficient (Wildman–Crippen LogP) is 15.7. The molecule has 58 heavy (non-hydrogen) atoms. The molecule has 1 aliphatic rings. The van der Waals surface area contributed by atoms with Gasteiger partial charge in [-0.05, 0) is 94.7 Å². The van der Waals surface area contributed by atoms with Crippen LogP contribution in [-0.4, -0.2) is 15.9 Å². The minimum atomic E-state index is -0.0522. The Kier molecular flexibility index (Phi) is 14.8. The molecule has 2 aromatic heterocycles. The molecular weight excluding hydrogens is 909 g/mol. The number of ketones is 1. The van der Waals surface area contributed by atoms with Crippen molar-refractivity contribution in [2.45, 2.75) is 158 Å². The normalized spacial score (nSPS) is 15.3. The van der Waals surface area contributed by atoms with Gasteiger partial charge in [-0.3, -0.25) is 9.78 Å². The number of hydrogen-bond donors (Lipinski definition) is 1. The van der Waals surface area contributed by atoms with E-state index in [-0.39, 0.29) is 65.1 Å². The number of aliphatic hydroxyl groups excluding tert-OH is 1. The van der Waals surface area contributed by atoms with E-state index in [0.29, 0.717) is 0 Å². The first-order valence-corrected chi connectivity index (χ1v) is 22.1. The van der Waals surface area contributed by atoms with Gasteiger partial charge in [0, 0.05) is 64.7 Å². The van der Waals surface area contributed by atoms with Crippen molar-refractivity contribution in [3.63, 3.8) is 0 Å². The number of carbonyl (C=O) groups excluding carboxylic acids is 1. The number of aliphatic hydroxyl groups is 1. The van der Waals surface area contributed by atoms with Crippen LogP contribution in [0, 0.1) is 29.9 Å². The van der Waals surface area contributed by atoms with Crippen molar-refractivity contribution in [1.29, 1.82) is 0 Å². The maximum absolute atomic E-state index is 11.7. The van der Waals surface area contributed by atoms with E-state index in [2.05, 4.69) is 117 Å². The number of hydrogen-bond acceptors (Lipinski definition) is 4. The molecule has 313 valence electrons. The van der Waals surface area contributed by atoms with E-state index in [0.717, 1.165) is 67.3 Å². The quantitative estimate of drug-likeness (QED) is 0.0910. The van der Waals surface area contributed by atoms with Gasteiger partial charge in [0.2, 0.25) is 0 Å². The summed E-state index contributed by atoms with van der Waals surface area (Å²) < 4.78 is 2.49. The van der Waals surface area contributed by atoms with Gasteiger partial charge in [-0.15, -0.1) is 40.5 Å². The molecule has 6 rings (SSSR count). The summed E-state index contributed by atoms with van der Waals surface area (Å²) >= 11 is 1.85. The largest absolute Gasteiger partial charge is 0.512 e. The van der Waals surface area contributed by atoms with Crippen LogP contribution in [0.1, 0.15) is 158 Å². The summed E-state index contributed by atoms with van der Waals surface area (Å²) in [4.78, 5) is 21.1.